The van der Waals surface area contributed by atoms with Gasteiger partial charge in [-0.25, -0.2) is 4.39 Å². The van der Waals surface area contributed by atoms with Crippen molar-refractivity contribution in [1.29, 1.82) is 0 Å². The molecule has 4 rings (SSSR count). The highest BCUT2D eigenvalue weighted by Crippen LogP contribution is 2.39. The molecular formula is C25H24BrFN2O3. The Morgan fingerprint density at radius 2 is 1.94 bits per heavy atom. The number of phenolic OH excluding ortho intramolecular Hbond substituents is 1. The van der Waals surface area contributed by atoms with Crippen LogP contribution < -0.4 is 14.8 Å². The van der Waals surface area contributed by atoms with Gasteiger partial charge >= 0.3 is 0 Å². The van der Waals surface area contributed by atoms with Gasteiger partial charge < -0.3 is 14.6 Å². The van der Waals surface area contributed by atoms with E-state index in [2.05, 4.69) is 21.2 Å². The van der Waals surface area contributed by atoms with Crippen molar-refractivity contribution in [2.24, 2.45) is 4.99 Å². The third kappa shape index (κ3) is 4.64. The fourth-order valence-electron chi connectivity index (χ4n) is 3.81. The Kier molecular flexibility index (Phi) is 6.77. The molecule has 166 valence electrons. The maximum atomic E-state index is 13.8. The Morgan fingerprint density at radius 3 is 2.62 bits per heavy atom. The summed E-state index contributed by atoms with van der Waals surface area (Å²) in [5, 5.41) is 14.4. The zero-order valence-electron chi connectivity index (χ0n) is 17.8. The standard InChI is InChI=1S/C25H24BrFN2O3/c1-3-32-23-6-4-5-18(24(23)30)22-14-21(15-7-10-17(31-2)11-8-15)28-25(29-22)16-9-12-20(27)19(26)13-16/h4-13,22,25,29-30H,3,14H2,1-2H3/t22-,25+/m0/s1. The molecule has 3 aromatic rings. The van der Waals surface area contributed by atoms with Crippen molar-refractivity contribution in [3.63, 3.8) is 0 Å². The fraction of sp³-hybridized carbons (Fsp3) is 0.240. The van der Waals surface area contributed by atoms with Crippen molar-refractivity contribution in [2.45, 2.75) is 25.6 Å². The van der Waals surface area contributed by atoms with Crippen molar-refractivity contribution >= 4 is 21.6 Å². The molecule has 0 unspecified atom stereocenters. The third-order valence-corrected chi connectivity index (χ3v) is 6.04. The van der Waals surface area contributed by atoms with Gasteiger partial charge in [0.1, 0.15) is 17.7 Å². The van der Waals surface area contributed by atoms with Gasteiger partial charge in [0.05, 0.1) is 18.2 Å². The van der Waals surface area contributed by atoms with Gasteiger partial charge in [-0.3, -0.25) is 10.3 Å². The zero-order valence-corrected chi connectivity index (χ0v) is 19.4. The summed E-state index contributed by atoms with van der Waals surface area (Å²) in [7, 11) is 1.63. The number of methoxy groups -OCH3 is 1. The van der Waals surface area contributed by atoms with Crippen LogP contribution in [0.3, 0.4) is 0 Å². The van der Waals surface area contributed by atoms with Crippen molar-refractivity contribution in [3.05, 3.63) is 87.6 Å². The van der Waals surface area contributed by atoms with Crippen LogP contribution in [0.15, 0.2) is 70.1 Å². The molecule has 1 aliphatic heterocycles. The second kappa shape index (κ2) is 9.71. The van der Waals surface area contributed by atoms with E-state index in [0.717, 1.165) is 28.2 Å². The molecule has 32 heavy (non-hydrogen) atoms. The predicted octanol–water partition coefficient (Wildman–Crippen LogP) is 5.92. The Morgan fingerprint density at radius 1 is 1.16 bits per heavy atom. The van der Waals surface area contributed by atoms with Crippen LogP contribution in [0.4, 0.5) is 4.39 Å². The van der Waals surface area contributed by atoms with Crippen LogP contribution in [0, 0.1) is 5.82 Å². The van der Waals surface area contributed by atoms with Crippen molar-refractivity contribution in [1.82, 2.24) is 5.32 Å². The van der Waals surface area contributed by atoms with Crippen molar-refractivity contribution in [3.8, 4) is 17.2 Å². The maximum absolute atomic E-state index is 13.8. The van der Waals surface area contributed by atoms with Crippen molar-refractivity contribution < 1.29 is 19.0 Å². The maximum Gasteiger partial charge on any atom is 0.162 e. The van der Waals surface area contributed by atoms with E-state index in [9.17, 15) is 9.50 Å². The summed E-state index contributed by atoms with van der Waals surface area (Å²) < 4.78 is 25.1. The fourth-order valence-corrected chi connectivity index (χ4v) is 4.21. The lowest BCUT2D eigenvalue weighted by Gasteiger charge is -2.31. The van der Waals surface area contributed by atoms with Crippen LogP contribution >= 0.6 is 15.9 Å². The lowest BCUT2D eigenvalue weighted by molar-refractivity contribution is 0.313. The Bertz CT molecular complexity index is 1130. The molecule has 1 heterocycles. The van der Waals surface area contributed by atoms with Gasteiger partial charge in [-0.1, -0.05) is 18.2 Å². The molecule has 1 aliphatic rings. The molecule has 7 heteroatoms. The molecule has 0 saturated carbocycles. The summed E-state index contributed by atoms with van der Waals surface area (Å²) in [5.74, 6) is 0.992. The summed E-state index contributed by atoms with van der Waals surface area (Å²) in [6.45, 7) is 2.34. The van der Waals surface area contributed by atoms with Crippen LogP contribution in [-0.4, -0.2) is 24.5 Å². The number of phenols is 1. The molecule has 3 aromatic carbocycles. The van der Waals surface area contributed by atoms with Crippen LogP contribution in [0.25, 0.3) is 0 Å². The highest BCUT2D eigenvalue weighted by atomic mass is 79.9. The molecule has 2 N–H and O–H groups in total. The molecule has 5 nitrogen and oxygen atoms in total. The number of aromatic hydroxyl groups is 1. The lowest BCUT2D eigenvalue weighted by Crippen LogP contribution is -2.33. The number of halogens is 2. The topological polar surface area (TPSA) is 63.1 Å². The highest BCUT2D eigenvalue weighted by Gasteiger charge is 2.29. The molecule has 2 atom stereocenters. The van der Waals surface area contributed by atoms with Gasteiger partial charge in [-0.05, 0) is 76.4 Å². The third-order valence-electron chi connectivity index (χ3n) is 5.43. The second-order valence-corrected chi connectivity index (χ2v) is 8.29. The smallest absolute Gasteiger partial charge is 0.162 e. The number of hydrogen-bond acceptors (Lipinski definition) is 5. The summed E-state index contributed by atoms with van der Waals surface area (Å²) in [4.78, 5) is 4.92. The van der Waals surface area contributed by atoms with Crippen molar-refractivity contribution in [2.75, 3.05) is 13.7 Å². The van der Waals surface area contributed by atoms with Gasteiger partial charge in [-0.15, -0.1) is 0 Å². The van der Waals surface area contributed by atoms with E-state index in [0.29, 0.717) is 23.2 Å². The molecule has 0 amide bonds. The lowest BCUT2D eigenvalue weighted by atomic mass is 9.93. The number of benzene rings is 3. The normalized spacial score (nSPS) is 18.2. The number of ether oxygens (including phenoxy) is 2. The first-order valence-electron chi connectivity index (χ1n) is 10.4. The van der Waals surface area contributed by atoms with Gasteiger partial charge in [0.25, 0.3) is 0 Å². The van der Waals surface area contributed by atoms with E-state index >= 15 is 0 Å². The molecule has 0 radical (unpaired) electrons. The van der Waals surface area contributed by atoms with Crippen LogP contribution in [0.1, 0.15) is 42.2 Å². The number of aliphatic imine (C=N–C) groups is 1. The summed E-state index contributed by atoms with van der Waals surface area (Å²) in [6.07, 6.45) is 0.145. The molecule has 0 aliphatic carbocycles. The van der Waals surface area contributed by atoms with E-state index in [1.165, 1.54) is 6.07 Å². The van der Waals surface area contributed by atoms with E-state index in [1.54, 1.807) is 25.3 Å². The average molecular weight is 499 g/mol. The SMILES string of the molecule is CCOc1cccc([C@@H]2CC(c3ccc(OC)cc3)=N[C@@H](c3ccc(F)c(Br)c3)N2)c1O. The van der Waals surface area contributed by atoms with E-state index in [1.807, 2.05) is 43.3 Å². The quantitative estimate of drug-likeness (QED) is 0.442. The average Bonchev–Trinajstić information content (AvgIpc) is 2.82. The van der Waals surface area contributed by atoms with Crippen LogP contribution in [0.2, 0.25) is 0 Å². The highest BCUT2D eigenvalue weighted by molar-refractivity contribution is 9.10. The first kappa shape index (κ1) is 22.3. The van der Waals surface area contributed by atoms with Gasteiger partial charge in [0.2, 0.25) is 0 Å². The van der Waals surface area contributed by atoms with E-state index in [4.69, 9.17) is 14.5 Å². The summed E-state index contributed by atoms with van der Waals surface area (Å²) in [6, 6.07) is 17.8. The number of hydrogen-bond donors (Lipinski definition) is 2. The Labute approximate surface area is 195 Å². The van der Waals surface area contributed by atoms with Crippen LogP contribution in [-0.2, 0) is 0 Å². The Balaban J connectivity index is 1.75. The minimum atomic E-state index is -0.419. The molecular weight excluding hydrogens is 475 g/mol. The van der Waals surface area contributed by atoms with Gasteiger partial charge in [0.15, 0.2) is 11.5 Å². The summed E-state index contributed by atoms with van der Waals surface area (Å²) >= 11 is 3.27. The van der Waals surface area contributed by atoms with E-state index < -0.39 is 6.17 Å². The predicted molar refractivity (Wildman–Crippen MR) is 126 cm³/mol. The molecule has 0 fully saturated rings. The molecule has 0 bridgehead atoms. The number of nitrogens with zero attached hydrogens (tertiary/aromatic N) is 1. The second-order valence-electron chi connectivity index (χ2n) is 7.43. The first-order chi connectivity index (χ1) is 15.5. The largest absolute Gasteiger partial charge is 0.504 e. The van der Waals surface area contributed by atoms with Gasteiger partial charge in [-0.2, -0.15) is 0 Å². The molecule has 0 saturated heterocycles. The number of para-hydroxylation sites is 1. The van der Waals surface area contributed by atoms with Crippen LogP contribution in [0.5, 0.6) is 17.2 Å². The van der Waals surface area contributed by atoms with Gasteiger partial charge in [0, 0.05) is 23.7 Å². The minimum Gasteiger partial charge on any atom is -0.504 e. The van der Waals surface area contributed by atoms with E-state index in [-0.39, 0.29) is 17.6 Å². The first-order valence-corrected chi connectivity index (χ1v) is 11.2. The Hall–Kier alpha value is -2.90. The molecule has 0 spiro atoms. The summed E-state index contributed by atoms with van der Waals surface area (Å²) in [5.41, 5.74) is 3.38. The minimum absolute atomic E-state index is 0.113. The monoisotopic (exact) mass is 498 g/mol. The number of rotatable bonds is 6. The number of nitrogens with one attached hydrogen (secondary N) is 1. The molecule has 0 aromatic heterocycles. The zero-order chi connectivity index (χ0) is 22.7.